The van der Waals surface area contributed by atoms with Gasteiger partial charge in [0.15, 0.2) is 0 Å². The Morgan fingerprint density at radius 2 is 1.88 bits per heavy atom. The van der Waals surface area contributed by atoms with E-state index in [4.69, 9.17) is 0 Å². The van der Waals surface area contributed by atoms with Gasteiger partial charge in [0, 0.05) is 44.4 Å². The van der Waals surface area contributed by atoms with E-state index >= 15 is 0 Å². The highest BCUT2D eigenvalue weighted by Crippen LogP contribution is 2.25. The number of hydrogen-bond acceptors (Lipinski definition) is 8. The summed E-state index contributed by atoms with van der Waals surface area (Å²) < 4.78 is 28.6. The van der Waals surface area contributed by atoms with Crippen LogP contribution >= 0.6 is 22.7 Å². The van der Waals surface area contributed by atoms with Crippen LogP contribution in [0.4, 0.5) is 0 Å². The molecule has 0 amide bonds. The van der Waals surface area contributed by atoms with Crippen molar-refractivity contribution in [3.63, 3.8) is 0 Å². The first kappa shape index (κ1) is 21.4. The van der Waals surface area contributed by atoms with Gasteiger partial charge in [-0.25, -0.2) is 13.4 Å². The molecule has 32 heavy (non-hydrogen) atoms. The Balaban J connectivity index is 1.31. The Hall–Kier alpha value is -2.44. The summed E-state index contributed by atoms with van der Waals surface area (Å²) in [4.78, 5) is 20.0. The molecule has 1 aromatic carbocycles. The van der Waals surface area contributed by atoms with Crippen molar-refractivity contribution in [3.05, 3.63) is 69.5 Å². The zero-order valence-corrected chi connectivity index (χ0v) is 19.8. The molecule has 0 aliphatic carbocycles. The maximum Gasteiger partial charge on any atom is 0.275 e. The van der Waals surface area contributed by atoms with Crippen LogP contribution in [-0.4, -0.2) is 58.4 Å². The van der Waals surface area contributed by atoms with Gasteiger partial charge in [0.2, 0.25) is 4.96 Å². The van der Waals surface area contributed by atoms with E-state index in [0.29, 0.717) is 47.6 Å². The van der Waals surface area contributed by atoms with Gasteiger partial charge < -0.3 is 0 Å². The number of piperazine rings is 1. The topological polar surface area (TPSA) is 87.9 Å². The molecular formula is C21H21N5O3S3. The number of benzene rings is 1. The molecule has 0 spiro atoms. The van der Waals surface area contributed by atoms with Crippen molar-refractivity contribution in [2.24, 2.45) is 0 Å². The summed E-state index contributed by atoms with van der Waals surface area (Å²) in [5.41, 5.74) is 2.55. The number of thiophene rings is 1. The molecule has 166 valence electrons. The summed E-state index contributed by atoms with van der Waals surface area (Å²) in [6, 6.07) is 12.9. The molecular weight excluding hydrogens is 466 g/mol. The molecule has 0 N–H and O–H groups in total. The maximum atomic E-state index is 12.7. The average molecular weight is 488 g/mol. The van der Waals surface area contributed by atoms with Crippen molar-refractivity contribution in [3.8, 4) is 10.6 Å². The number of aromatic nitrogens is 3. The van der Waals surface area contributed by atoms with Crippen LogP contribution in [0.25, 0.3) is 15.5 Å². The second kappa shape index (κ2) is 8.49. The van der Waals surface area contributed by atoms with E-state index in [1.165, 1.54) is 37.6 Å². The van der Waals surface area contributed by atoms with E-state index in [2.05, 4.69) is 15.0 Å². The number of sulfonamides is 1. The molecule has 3 aromatic heterocycles. The zero-order chi connectivity index (χ0) is 22.3. The molecule has 0 unspecified atom stereocenters. The van der Waals surface area contributed by atoms with Crippen molar-refractivity contribution >= 4 is 37.7 Å². The van der Waals surface area contributed by atoms with Crippen molar-refractivity contribution in [1.82, 2.24) is 23.8 Å². The molecule has 4 aromatic rings. The zero-order valence-electron chi connectivity index (χ0n) is 17.3. The lowest BCUT2D eigenvalue weighted by molar-refractivity contribution is 0.180. The summed E-state index contributed by atoms with van der Waals surface area (Å²) in [6.45, 7) is 4.52. The van der Waals surface area contributed by atoms with Crippen LogP contribution in [-0.2, 0) is 16.6 Å². The lowest BCUT2D eigenvalue weighted by Crippen LogP contribution is -2.48. The smallest absolute Gasteiger partial charge is 0.275 e. The first-order valence-electron chi connectivity index (χ1n) is 10.1. The molecule has 5 rings (SSSR count). The second-order valence-electron chi connectivity index (χ2n) is 7.67. The SMILES string of the molecule is Cc1cccc(-c2nn3c(=O)cc(CN4CCN(S(=O)(=O)c5cccs5)CC4)nc3s2)c1. The van der Waals surface area contributed by atoms with E-state index < -0.39 is 10.0 Å². The molecule has 0 bridgehead atoms. The highest BCUT2D eigenvalue weighted by atomic mass is 32.2. The Kier molecular flexibility index (Phi) is 5.68. The van der Waals surface area contributed by atoms with Gasteiger partial charge in [0.1, 0.15) is 9.22 Å². The predicted molar refractivity (Wildman–Crippen MR) is 126 cm³/mol. The average Bonchev–Trinajstić information content (AvgIpc) is 3.45. The first-order chi connectivity index (χ1) is 15.4. The summed E-state index contributed by atoms with van der Waals surface area (Å²) in [5.74, 6) is 0. The van der Waals surface area contributed by atoms with Crippen molar-refractivity contribution < 1.29 is 8.42 Å². The van der Waals surface area contributed by atoms with Crippen LogP contribution < -0.4 is 5.56 Å². The molecule has 1 aliphatic heterocycles. The molecule has 0 radical (unpaired) electrons. The van der Waals surface area contributed by atoms with Crippen LogP contribution in [0.3, 0.4) is 0 Å². The predicted octanol–water partition coefficient (Wildman–Crippen LogP) is 2.69. The van der Waals surface area contributed by atoms with Gasteiger partial charge in [0.25, 0.3) is 15.6 Å². The summed E-state index contributed by atoms with van der Waals surface area (Å²) in [7, 11) is -3.43. The highest BCUT2D eigenvalue weighted by Gasteiger charge is 2.29. The number of hydrogen-bond donors (Lipinski definition) is 0. The molecule has 1 aliphatic rings. The first-order valence-corrected chi connectivity index (χ1v) is 13.3. The number of aryl methyl sites for hydroxylation is 1. The number of fused-ring (bicyclic) bond motifs is 1. The Labute approximate surface area is 193 Å². The normalized spacial score (nSPS) is 16.0. The fourth-order valence-corrected chi connectivity index (χ4v) is 7.21. The van der Waals surface area contributed by atoms with Gasteiger partial charge in [-0.15, -0.1) is 11.3 Å². The van der Waals surface area contributed by atoms with Crippen LogP contribution in [0.5, 0.6) is 0 Å². The molecule has 0 atom stereocenters. The molecule has 1 fully saturated rings. The van der Waals surface area contributed by atoms with Gasteiger partial charge >= 0.3 is 0 Å². The van der Waals surface area contributed by atoms with Gasteiger partial charge in [-0.3, -0.25) is 9.69 Å². The van der Waals surface area contributed by atoms with Crippen molar-refractivity contribution in [1.29, 1.82) is 0 Å². The van der Waals surface area contributed by atoms with E-state index in [1.54, 1.807) is 17.5 Å². The quantitative estimate of drug-likeness (QED) is 0.430. The van der Waals surface area contributed by atoms with Crippen LogP contribution in [0.1, 0.15) is 11.3 Å². The number of rotatable bonds is 5. The van der Waals surface area contributed by atoms with Crippen molar-refractivity contribution in [2.75, 3.05) is 26.2 Å². The lowest BCUT2D eigenvalue weighted by Gasteiger charge is -2.33. The minimum atomic E-state index is -3.43. The van der Waals surface area contributed by atoms with E-state index in [0.717, 1.165) is 16.1 Å². The standard InChI is InChI=1S/C21H21N5O3S3/c1-15-4-2-5-16(12-15)20-23-26-18(27)13-17(22-21(26)31-20)14-24-7-9-25(10-8-24)32(28,29)19-6-3-11-30-19/h2-6,11-13H,7-10,14H2,1H3. The number of nitrogens with zero attached hydrogens (tertiary/aromatic N) is 5. The van der Waals surface area contributed by atoms with Gasteiger partial charge in [-0.2, -0.15) is 13.9 Å². The fraction of sp³-hybridized carbons (Fsp3) is 0.286. The van der Waals surface area contributed by atoms with Crippen LogP contribution in [0.2, 0.25) is 0 Å². The minimum absolute atomic E-state index is 0.209. The Bertz CT molecular complexity index is 1420. The lowest BCUT2D eigenvalue weighted by atomic mass is 10.1. The summed E-state index contributed by atoms with van der Waals surface area (Å²) in [5, 5.41) is 6.97. The van der Waals surface area contributed by atoms with Gasteiger partial charge in [-0.05, 0) is 24.4 Å². The van der Waals surface area contributed by atoms with Crippen molar-refractivity contribution in [2.45, 2.75) is 17.7 Å². The van der Waals surface area contributed by atoms with E-state index in [1.807, 2.05) is 31.2 Å². The van der Waals surface area contributed by atoms with E-state index in [-0.39, 0.29) is 5.56 Å². The fourth-order valence-electron chi connectivity index (χ4n) is 3.73. The Morgan fingerprint density at radius 3 is 2.59 bits per heavy atom. The van der Waals surface area contributed by atoms with Gasteiger partial charge in [-0.1, -0.05) is 41.2 Å². The monoisotopic (exact) mass is 487 g/mol. The minimum Gasteiger partial charge on any atom is -0.295 e. The molecule has 8 nitrogen and oxygen atoms in total. The second-order valence-corrected chi connectivity index (χ2v) is 11.7. The third-order valence-electron chi connectivity index (χ3n) is 5.37. The molecule has 1 saturated heterocycles. The summed E-state index contributed by atoms with van der Waals surface area (Å²) >= 11 is 2.62. The largest absolute Gasteiger partial charge is 0.295 e. The maximum absolute atomic E-state index is 12.7. The van der Waals surface area contributed by atoms with E-state index in [9.17, 15) is 13.2 Å². The molecule has 4 heterocycles. The Morgan fingerprint density at radius 1 is 1.06 bits per heavy atom. The third-order valence-corrected chi connectivity index (χ3v) is 9.60. The third kappa shape index (κ3) is 4.14. The van der Waals surface area contributed by atoms with Gasteiger partial charge in [0.05, 0.1) is 5.69 Å². The van der Waals surface area contributed by atoms with Crippen LogP contribution in [0, 0.1) is 6.92 Å². The summed E-state index contributed by atoms with van der Waals surface area (Å²) in [6.07, 6.45) is 0. The highest BCUT2D eigenvalue weighted by molar-refractivity contribution is 7.91. The molecule has 0 saturated carbocycles. The van der Waals surface area contributed by atoms with Crippen LogP contribution in [0.15, 0.2) is 56.8 Å². The molecule has 11 heteroatoms.